The number of benzene rings is 2. The van der Waals surface area contributed by atoms with Gasteiger partial charge in [0.2, 0.25) is 5.91 Å². The number of hydrogen-bond donors (Lipinski definition) is 0. The Hall–Kier alpha value is -2.90. The number of hydrogen-bond acceptors (Lipinski definition) is 5. The summed E-state index contributed by atoms with van der Waals surface area (Å²) in [4.78, 5) is 27.2. The quantitative estimate of drug-likeness (QED) is 0.572. The van der Waals surface area contributed by atoms with Gasteiger partial charge in [0.15, 0.2) is 0 Å². The van der Waals surface area contributed by atoms with Crippen molar-refractivity contribution in [2.75, 3.05) is 33.9 Å². The van der Waals surface area contributed by atoms with Crippen LogP contribution in [0, 0.1) is 0 Å². The molecule has 0 N–H and O–H groups in total. The fraction of sp³-hybridized carbons (Fsp3) is 0.375. The number of methoxy groups -OCH3 is 2. The minimum atomic E-state index is -0.305. The maximum Gasteiger partial charge on any atom is 0.262 e. The third-order valence-electron chi connectivity index (χ3n) is 5.40. The third kappa shape index (κ3) is 5.47. The van der Waals surface area contributed by atoms with E-state index in [0.29, 0.717) is 31.0 Å². The van der Waals surface area contributed by atoms with Gasteiger partial charge >= 0.3 is 0 Å². The van der Waals surface area contributed by atoms with Crippen molar-refractivity contribution in [3.8, 4) is 5.75 Å². The Morgan fingerprint density at radius 1 is 1.16 bits per heavy atom. The summed E-state index contributed by atoms with van der Waals surface area (Å²) in [6.45, 7) is 2.41. The maximum absolute atomic E-state index is 13.3. The van der Waals surface area contributed by atoms with Gasteiger partial charge < -0.3 is 14.4 Å². The van der Waals surface area contributed by atoms with E-state index in [0.717, 1.165) is 22.6 Å². The van der Waals surface area contributed by atoms with Crippen molar-refractivity contribution < 1.29 is 19.1 Å². The van der Waals surface area contributed by atoms with Crippen LogP contribution in [0.15, 0.2) is 53.6 Å². The first kappa shape index (κ1) is 23.8. The lowest BCUT2D eigenvalue weighted by atomic mass is 9.98. The monoisotopic (exact) mass is 457 g/mol. The van der Waals surface area contributed by atoms with E-state index in [4.69, 9.17) is 21.1 Å². The fourth-order valence-electron chi connectivity index (χ4n) is 3.64. The van der Waals surface area contributed by atoms with Crippen LogP contribution in [0.2, 0.25) is 5.02 Å². The minimum Gasteiger partial charge on any atom is -0.497 e. The number of rotatable bonds is 9. The zero-order valence-electron chi connectivity index (χ0n) is 18.6. The van der Waals surface area contributed by atoms with Gasteiger partial charge in [-0.25, -0.2) is 5.01 Å². The van der Waals surface area contributed by atoms with Gasteiger partial charge in [0.1, 0.15) is 12.3 Å². The van der Waals surface area contributed by atoms with Crippen LogP contribution in [0.4, 0.5) is 0 Å². The van der Waals surface area contributed by atoms with Gasteiger partial charge in [-0.15, -0.1) is 0 Å². The lowest BCUT2D eigenvalue weighted by Crippen LogP contribution is -2.42. The van der Waals surface area contributed by atoms with Crippen LogP contribution in [-0.4, -0.2) is 61.4 Å². The van der Waals surface area contributed by atoms with Crippen molar-refractivity contribution in [1.29, 1.82) is 0 Å². The molecular formula is C24H28ClN3O4. The van der Waals surface area contributed by atoms with E-state index >= 15 is 0 Å². The molecule has 170 valence electrons. The van der Waals surface area contributed by atoms with Crippen LogP contribution >= 0.6 is 11.6 Å². The van der Waals surface area contributed by atoms with E-state index in [2.05, 4.69) is 5.10 Å². The average molecular weight is 458 g/mol. The highest BCUT2D eigenvalue weighted by molar-refractivity contribution is 6.34. The van der Waals surface area contributed by atoms with Gasteiger partial charge in [0.05, 0.1) is 25.5 Å². The lowest BCUT2D eigenvalue weighted by molar-refractivity contribution is -0.141. The Morgan fingerprint density at radius 3 is 2.50 bits per heavy atom. The smallest absolute Gasteiger partial charge is 0.262 e. The van der Waals surface area contributed by atoms with Crippen LogP contribution in [0.1, 0.15) is 36.9 Å². The Balaban J connectivity index is 1.91. The molecule has 0 aromatic heterocycles. The van der Waals surface area contributed by atoms with Gasteiger partial charge in [0.25, 0.3) is 5.91 Å². The standard InChI is InChI=1S/C24H28ClN3O4/c1-4-23(29)27(13-14-31-2)16-24(30)28-22(17-9-11-18(32-3)12-10-17)15-21(26-28)19-7-5-6-8-20(19)25/h5-12,22H,4,13-16H2,1-3H3/t22-/m0/s1. The second-order valence-corrected chi connectivity index (χ2v) is 7.83. The molecule has 0 radical (unpaired) electrons. The van der Waals surface area contributed by atoms with Crippen molar-refractivity contribution in [3.63, 3.8) is 0 Å². The van der Waals surface area contributed by atoms with Crippen molar-refractivity contribution in [2.45, 2.75) is 25.8 Å². The van der Waals surface area contributed by atoms with Crippen molar-refractivity contribution in [2.24, 2.45) is 5.10 Å². The topological polar surface area (TPSA) is 71.4 Å². The second-order valence-electron chi connectivity index (χ2n) is 7.42. The number of ether oxygens (including phenoxy) is 2. The van der Waals surface area contributed by atoms with Gasteiger partial charge in [-0.1, -0.05) is 48.9 Å². The third-order valence-corrected chi connectivity index (χ3v) is 5.73. The number of amides is 2. The molecule has 8 heteroatoms. The van der Waals surface area contributed by atoms with E-state index in [-0.39, 0.29) is 24.4 Å². The summed E-state index contributed by atoms with van der Waals surface area (Å²) < 4.78 is 10.4. The summed E-state index contributed by atoms with van der Waals surface area (Å²) in [6, 6.07) is 14.7. The molecule has 1 atom stereocenters. The highest BCUT2D eigenvalue weighted by Crippen LogP contribution is 2.35. The maximum atomic E-state index is 13.3. The molecule has 0 bridgehead atoms. The first-order chi connectivity index (χ1) is 15.5. The summed E-state index contributed by atoms with van der Waals surface area (Å²) in [5.41, 5.74) is 2.45. The second kappa shape index (κ2) is 11.1. The highest BCUT2D eigenvalue weighted by Gasteiger charge is 2.34. The number of hydrazone groups is 1. The molecule has 0 spiro atoms. The Bertz CT molecular complexity index is 977. The molecule has 3 rings (SSSR count). The van der Waals surface area contributed by atoms with Crippen LogP contribution in [0.25, 0.3) is 0 Å². The summed E-state index contributed by atoms with van der Waals surface area (Å²) in [7, 11) is 3.18. The van der Waals surface area contributed by atoms with Gasteiger partial charge in [-0.3, -0.25) is 9.59 Å². The zero-order valence-corrected chi connectivity index (χ0v) is 19.3. The molecule has 1 heterocycles. The van der Waals surface area contributed by atoms with Crippen molar-refractivity contribution in [3.05, 3.63) is 64.7 Å². The van der Waals surface area contributed by atoms with Crippen LogP contribution < -0.4 is 4.74 Å². The molecule has 0 aliphatic carbocycles. The molecule has 1 aliphatic rings. The number of carbonyl (C=O) groups excluding carboxylic acids is 2. The summed E-state index contributed by atoms with van der Waals surface area (Å²) in [6.07, 6.45) is 0.828. The number of carbonyl (C=O) groups is 2. The van der Waals surface area contributed by atoms with E-state index in [1.54, 1.807) is 27.2 Å². The summed E-state index contributed by atoms with van der Waals surface area (Å²) in [5.74, 6) is 0.368. The first-order valence-corrected chi connectivity index (χ1v) is 10.9. The molecule has 2 aromatic carbocycles. The number of nitrogens with zero attached hydrogens (tertiary/aromatic N) is 3. The predicted octanol–water partition coefficient (Wildman–Crippen LogP) is 3.91. The van der Waals surface area contributed by atoms with E-state index < -0.39 is 0 Å². The molecule has 2 aromatic rings. The molecule has 7 nitrogen and oxygen atoms in total. The van der Waals surface area contributed by atoms with E-state index in [9.17, 15) is 9.59 Å². The largest absolute Gasteiger partial charge is 0.497 e. The SMILES string of the molecule is CCC(=O)N(CCOC)CC(=O)N1N=C(c2ccccc2Cl)C[C@H]1c1ccc(OC)cc1. The van der Waals surface area contributed by atoms with Gasteiger partial charge in [-0.05, 0) is 23.8 Å². The molecule has 2 amide bonds. The highest BCUT2D eigenvalue weighted by atomic mass is 35.5. The Labute approximate surface area is 193 Å². The molecule has 0 unspecified atom stereocenters. The van der Waals surface area contributed by atoms with Gasteiger partial charge in [-0.2, -0.15) is 5.10 Å². The molecule has 32 heavy (non-hydrogen) atoms. The van der Waals surface area contributed by atoms with Crippen molar-refractivity contribution >= 4 is 29.1 Å². The van der Waals surface area contributed by atoms with Crippen LogP contribution in [0.5, 0.6) is 5.75 Å². The van der Waals surface area contributed by atoms with Crippen LogP contribution in [-0.2, 0) is 14.3 Å². The Morgan fingerprint density at radius 2 is 1.88 bits per heavy atom. The lowest BCUT2D eigenvalue weighted by Gasteiger charge is -2.26. The minimum absolute atomic E-state index is 0.0675. The Kier molecular flexibility index (Phi) is 8.25. The van der Waals surface area contributed by atoms with Crippen LogP contribution in [0.3, 0.4) is 0 Å². The predicted molar refractivity (Wildman–Crippen MR) is 124 cm³/mol. The van der Waals surface area contributed by atoms with Gasteiger partial charge in [0, 0.05) is 37.1 Å². The molecule has 0 saturated heterocycles. The zero-order chi connectivity index (χ0) is 23.1. The van der Waals surface area contributed by atoms with E-state index in [1.165, 1.54) is 9.91 Å². The first-order valence-electron chi connectivity index (χ1n) is 10.5. The number of halogens is 1. The summed E-state index contributed by atoms with van der Waals surface area (Å²) >= 11 is 6.40. The average Bonchev–Trinajstić information content (AvgIpc) is 3.26. The van der Waals surface area contributed by atoms with E-state index in [1.807, 2.05) is 42.5 Å². The molecule has 1 aliphatic heterocycles. The molecule has 0 fully saturated rings. The normalized spacial score (nSPS) is 15.4. The summed E-state index contributed by atoms with van der Waals surface area (Å²) in [5, 5.41) is 6.71. The van der Waals surface area contributed by atoms with Crippen molar-refractivity contribution in [1.82, 2.24) is 9.91 Å². The molecule has 0 saturated carbocycles. The fourth-order valence-corrected chi connectivity index (χ4v) is 3.88. The molecular weight excluding hydrogens is 430 g/mol.